The largest absolute Gasteiger partial charge is 0.478 e. The van der Waals surface area contributed by atoms with Gasteiger partial charge in [0.1, 0.15) is 17.4 Å². The van der Waals surface area contributed by atoms with Crippen molar-refractivity contribution in [2.24, 2.45) is 0 Å². The Morgan fingerprint density at radius 1 is 1.42 bits per heavy atom. The van der Waals surface area contributed by atoms with Crippen LogP contribution in [0.4, 0.5) is 10.1 Å². The van der Waals surface area contributed by atoms with Crippen LogP contribution in [0.15, 0.2) is 18.2 Å². The molecule has 19 heavy (non-hydrogen) atoms. The van der Waals surface area contributed by atoms with E-state index in [9.17, 15) is 18.8 Å². The van der Waals surface area contributed by atoms with Gasteiger partial charge in [-0.05, 0) is 18.6 Å². The minimum absolute atomic E-state index is 0.126. The SMILES string of the molecule is O=C1CCC(C(=O)Nc2cccc(F)c2C(=O)O)N1. The van der Waals surface area contributed by atoms with E-state index in [0.29, 0.717) is 6.42 Å². The first kappa shape index (κ1) is 13.0. The topological polar surface area (TPSA) is 95.5 Å². The Labute approximate surface area is 107 Å². The Hall–Kier alpha value is -2.44. The monoisotopic (exact) mass is 266 g/mol. The lowest BCUT2D eigenvalue weighted by molar-refractivity contribution is -0.122. The molecule has 1 aliphatic heterocycles. The minimum Gasteiger partial charge on any atom is -0.478 e. The van der Waals surface area contributed by atoms with Gasteiger partial charge in [-0.3, -0.25) is 9.59 Å². The van der Waals surface area contributed by atoms with E-state index in [1.807, 2.05) is 0 Å². The summed E-state index contributed by atoms with van der Waals surface area (Å²) in [6, 6.07) is 2.87. The summed E-state index contributed by atoms with van der Waals surface area (Å²) in [5.41, 5.74) is -0.723. The highest BCUT2D eigenvalue weighted by Gasteiger charge is 2.28. The highest BCUT2D eigenvalue weighted by Crippen LogP contribution is 2.20. The molecule has 7 heteroatoms. The van der Waals surface area contributed by atoms with Crippen molar-refractivity contribution in [3.8, 4) is 0 Å². The third-order valence-electron chi connectivity index (χ3n) is 2.80. The molecule has 3 N–H and O–H groups in total. The average Bonchev–Trinajstić information content (AvgIpc) is 2.75. The maximum absolute atomic E-state index is 13.4. The van der Waals surface area contributed by atoms with Crippen molar-refractivity contribution in [2.75, 3.05) is 5.32 Å². The third kappa shape index (κ3) is 2.70. The van der Waals surface area contributed by atoms with Gasteiger partial charge in [-0.2, -0.15) is 0 Å². The molecule has 1 aliphatic rings. The Morgan fingerprint density at radius 3 is 2.74 bits per heavy atom. The van der Waals surface area contributed by atoms with Crippen LogP contribution >= 0.6 is 0 Å². The Balaban J connectivity index is 2.19. The lowest BCUT2D eigenvalue weighted by Crippen LogP contribution is -2.37. The molecular weight excluding hydrogens is 255 g/mol. The summed E-state index contributed by atoms with van der Waals surface area (Å²) < 4.78 is 13.4. The molecule has 2 amide bonds. The van der Waals surface area contributed by atoms with Crippen molar-refractivity contribution in [1.82, 2.24) is 5.32 Å². The average molecular weight is 266 g/mol. The number of amides is 2. The van der Waals surface area contributed by atoms with Gasteiger partial charge in [0, 0.05) is 6.42 Å². The Kier molecular flexibility index (Phi) is 3.46. The molecule has 1 aromatic carbocycles. The Bertz CT molecular complexity index is 559. The number of anilines is 1. The number of carbonyl (C=O) groups excluding carboxylic acids is 2. The number of aromatic carboxylic acids is 1. The Morgan fingerprint density at radius 2 is 2.16 bits per heavy atom. The molecule has 0 aromatic heterocycles. The van der Waals surface area contributed by atoms with E-state index in [1.165, 1.54) is 12.1 Å². The molecule has 1 heterocycles. The molecule has 0 bridgehead atoms. The maximum Gasteiger partial charge on any atom is 0.340 e. The van der Waals surface area contributed by atoms with Crippen LogP contribution in [0, 0.1) is 5.82 Å². The van der Waals surface area contributed by atoms with Crippen molar-refractivity contribution < 1.29 is 23.9 Å². The predicted octanol–water partition coefficient (Wildman–Crippen LogP) is 0.741. The fourth-order valence-corrected chi connectivity index (χ4v) is 1.88. The normalized spacial score (nSPS) is 17.9. The van der Waals surface area contributed by atoms with Gasteiger partial charge < -0.3 is 15.7 Å². The first-order valence-corrected chi connectivity index (χ1v) is 5.61. The summed E-state index contributed by atoms with van der Waals surface area (Å²) in [6.07, 6.45) is 0.579. The van der Waals surface area contributed by atoms with Crippen LogP contribution in [0.25, 0.3) is 0 Å². The molecule has 1 atom stereocenters. The second-order valence-electron chi connectivity index (χ2n) is 4.12. The molecule has 1 saturated heterocycles. The molecule has 100 valence electrons. The molecule has 0 spiro atoms. The molecule has 0 aliphatic carbocycles. The second kappa shape index (κ2) is 5.05. The maximum atomic E-state index is 13.4. The van der Waals surface area contributed by atoms with Gasteiger partial charge in [-0.25, -0.2) is 9.18 Å². The molecule has 0 saturated carbocycles. The summed E-state index contributed by atoms with van der Waals surface area (Å²) in [6.45, 7) is 0. The van der Waals surface area contributed by atoms with Crippen molar-refractivity contribution in [2.45, 2.75) is 18.9 Å². The van der Waals surface area contributed by atoms with Gasteiger partial charge in [-0.15, -0.1) is 0 Å². The molecule has 0 radical (unpaired) electrons. The van der Waals surface area contributed by atoms with Gasteiger partial charge in [0.15, 0.2) is 0 Å². The highest BCUT2D eigenvalue weighted by atomic mass is 19.1. The lowest BCUT2D eigenvalue weighted by Gasteiger charge is -2.12. The number of rotatable bonds is 3. The van der Waals surface area contributed by atoms with Crippen molar-refractivity contribution >= 4 is 23.5 Å². The minimum atomic E-state index is -1.47. The molecule has 1 aromatic rings. The van der Waals surface area contributed by atoms with Crippen molar-refractivity contribution in [3.63, 3.8) is 0 Å². The smallest absolute Gasteiger partial charge is 0.340 e. The van der Waals surface area contributed by atoms with Crippen LogP contribution in [0.3, 0.4) is 0 Å². The van der Waals surface area contributed by atoms with Gasteiger partial charge in [0.25, 0.3) is 0 Å². The van der Waals surface area contributed by atoms with Crippen LogP contribution < -0.4 is 10.6 Å². The number of halogens is 1. The van der Waals surface area contributed by atoms with Crippen LogP contribution in [0.2, 0.25) is 0 Å². The molecular formula is C12H11FN2O4. The van der Waals surface area contributed by atoms with Gasteiger partial charge in [0.2, 0.25) is 11.8 Å². The number of carbonyl (C=O) groups is 3. The first-order valence-electron chi connectivity index (χ1n) is 5.61. The summed E-state index contributed by atoms with van der Waals surface area (Å²) in [5, 5.41) is 13.7. The van der Waals surface area contributed by atoms with E-state index in [4.69, 9.17) is 5.11 Å². The number of carboxylic acid groups (broad SMARTS) is 1. The molecule has 1 fully saturated rings. The number of hydrogen-bond acceptors (Lipinski definition) is 3. The van der Waals surface area contributed by atoms with E-state index >= 15 is 0 Å². The zero-order chi connectivity index (χ0) is 14.0. The summed E-state index contributed by atoms with van der Waals surface area (Å²) in [5.74, 6) is -3.19. The summed E-state index contributed by atoms with van der Waals surface area (Å²) in [4.78, 5) is 33.7. The predicted molar refractivity (Wildman–Crippen MR) is 63.2 cm³/mol. The van der Waals surface area contributed by atoms with E-state index in [0.717, 1.165) is 6.07 Å². The zero-order valence-corrected chi connectivity index (χ0v) is 9.77. The van der Waals surface area contributed by atoms with Crippen LogP contribution in [-0.2, 0) is 9.59 Å². The second-order valence-corrected chi connectivity index (χ2v) is 4.12. The number of carboxylic acids is 1. The van der Waals surface area contributed by atoms with Crippen molar-refractivity contribution in [3.05, 3.63) is 29.6 Å². The van der Waals surface area contributed by atoms with Crippen LogP contribution in [0.1, 0.15) is 23.2 Å². The van der Waals surface area contributed by atoms with E-state index in [2.05, 4.69) is 10.6 Å². The third-order valence-corrected chi connectivity index (χ3v) is 2.80. The highest BCUT2D eigenvalue weighted by molar-refractivity contribution is 6.04. The quantitative estimate of drug-likeness (QED) is 0.752. The van der Waals surface area contributed by atoms with Gasteiger partial charge in [0.05, 0.1) is 5.69 Å². The summed E-state index contributed by atoms with van der Waals surface area (Å²) >= 11 is 0. The van der Waals surface area contributed by atoms with Crippen molar-refractivity contribution in [1.29, 1.82) is 0 Å². The molecule has 6 nitrogen and oxygen atoms in total. The number of benzene rings is 1. The van der Waals surface area contributed by atoms with Gasteiger partial charge in [-0.1, -0.05) is 6.07 Å². The van der Waals surface area contributed by atoms with E-state index in [-0.39, 0.29) is 18.0 Å². The van der Waals surface area contributed by atoms with Crippen LogP contribution in [-0.4, -0.2) is 28.9 Å². The standard InChI is InChI=1S/C12H11FN2O4/c13-6-2-1-3-7(10(6)12(18)19)15-11(17)8-4-5-9(16)14-8/h1-3,8H,4-5H2,(H,14,16)(H,15,17)(H,18,19). The lowest BCUT2D eigenvalue weighted by atomic mass is 10.1. The fraction of sp³-hybridized carbons (Fsp3) is 0.250. The molecule has 1 unspecified atom stereocenters. The molecule has 2 rings (SSSR count). The van der Waals surface area contributed by atoms with Gasteiger partial charge >= 0.3 is 5.97 Å². The zero-order valence-electron chi connectivity index (χ0n) is 9.77. The van der Waals surface area contributed by atoms with E-state index in [1.54, 1.807) is 0 Å². The number of hydrogen-bond donors (Lipinski definition) is 3. The summed E-state index contributed by atoms with van der Waals surface area (Å²) in [7, 11) is 0. The van der Waals surface area contributed by atoms with E-state index < -0.39 is 29.3 Å². The number of nitrogens with one attached hydrogen (secondary N) is 2. The van der Waals surface area contributed by atoms with Crippen LogP contribution in [0.5, 0.6) is 0 Å². The fourth-order valence-electron chi connectivity index (χ4n) is 1.88. The first-order chi connectivity index (χ1) is 8.99.